The molecule has 0 spiro atoms. The molecule has 27 heavy (non-hydrogen) atoms. The van der Waals surface area contributed by atoms with Crippen LogP contribution in [0, 0.1) is 11.6 Å². The monoisotopic (exact) mass is 552 g/mol. The lowest BCUT2D eigenvalue weighted by Gasteiger charge is -2.38. The van der Waals surface area contributed by atoms with Crippen molar-refractivity contribution in [2.45, 2.75) is 31.7 Å². The third-order valence-corrected chi connectivity index (χ3v) is 12.4. The zero-order chi connectivity index (χ0) is 18.5. The van der Waals surface area contributed by atoms with Crippen LogP contribution in [0.5, 0.6) is 5.75 Å². The first kappa shape index (κ1) is 21.9. The van der Waals surface area contributed by atoms with Gasteiger partial charge in [-0.2, -0.15) is 13.5 Å². The van der Waals surface area contributed by atoms with Gasteiger partial charge in [0.15, 0.2) is 0 Å². The van der Waals surface area contributed by atoms with Crippen molar-refractivity contribution in [2.24, 2.45) is 0 Å². The minimum atomic E-state index is -0.822. The molecule has 4 rings (SSSR count). The van der Waals surface area contributed by atoms with Crippen molar-refractivity contribution < 1.29 is 17.4 Å². The van der Waals surface area contributed by atoms with Gasteiger partial charge in [0.2, 0.25) is 0 Å². The number of rotatable bonds is 3. The SMILES string of the molecule is CC1(C)OB2OC1(C)P(SI)C#Cc1cccc3cc(OSF)cc2c13.S. The molecule has 2 heterocycles. The van der Waals surface area contributed by atoms with E-state index in [1.165, 1.54) is 0 Å². The fraction of sp³-hybridized carbons (Fsp3) is 0.294. The van der Waals surface area contributed by atoms with E-state index in [4.69, 9.17) is 13.5 Å². The Morgan fingerprint density at radius 3 is 2.74 bits per heavy atom. The average molecular weight is 552 g/mol. The molecule has 0 aromatic heterocycles. The molecule has 2 bridgehead atoms. The van der Waals surface area contributed by atoms with Crippen LogP contribution < -0.4 is 9.65 Å². The van der Waals surface area contributed by atoms with E-state index in [1.54, 1.807) is 14.6 Å². The second-order valence-electron chi connectivity index (χ2n) is 6.72. The minimum absolute atomic E-state index is 0. The standard InChI is InChI=1S/C17H14BFIO3PS2.H2S/c1-16(2)17(3)23-18(22-16)14-10-13(21-25-19)9-12-6-4-5-11(15(12)14)7-8-24(17)26-20;/h4-6,9-10H,1-3H3;1H2. The Labute approximate surface area is 187 Å². The summed E-state index contributed by atoms with van der Waals surface area (Å²) in [7, 11) is 0.306. The molecule has 0 saturated carbocycles. The molecule has 2 aliphatic rings. The van der Waals surface area contributed by atoms with Crippen LogP contribution in [0.15, 0.2) is 30.3 Å². The van der Waals surface area contributed by atoms with E-state index in [1.807, 2.05) is 38.1 Å². The predicted molar refractivity (Wildman–Crippen MR) is 129 cm³/mol. The van der Waals surface area contributed by atoms with Crippen LogP contribution in [0.2, 0.25) is 0 Å². The lowest BCUT2D eigenvalue weighted by atomic mass is 9.75. The number of halogens is 2. The second kappa shape index (κ2) is 8.13. The highest BCUT2D eigenvalue weighted by Crippen LogP contribution is 2.68. The van der Waals surface area contributed by atoms with E-state index in [9.17, 15) is 3.89 Å². The summed E-state index contributed by atoms with van der Waals surface area (Å²) in [4.78, 5) is 0. The second-order valence-corrected chi connectivity index (χ2v) is 13.9. The Morgan fingerprint density at radius 2 is 2.04 bits per heavy atom. The Kier molecular flexibility index (Phi) is 6.59. The molecule has 3 nitrogen and oxygen atoms in total. The Hall–Kier alpha value is 0.185. The average Bonchev–Trinajstić information content (AvgIpc) is 2.86. The summed E-state index contributed by atoms with van der Waals surface area (Å²) in [5, 5.41) is 1.35. The third-order valence-electron chi connectivity index (χ3n) is 4.97. The van der Waals surface area contributed by atoms with E-state index in [0.717, 1.165) is 21.8 Å². The predicted octanol–water partition coefficient (Wildman–Crippen LogP) is 5.90. The van der Waals surface area contributed by atoms with Gasteiger partial charge in [-0.1, -0.05) is 23.7 Å². The molecule has 0 radical (unpaired) electrons. The zero-order valence-corrected chi connectivity index (χ0v) is 20.4. The summed E-state index contributed by atoms with van der Waals surface area (Å²) in [5.41, 5.74) is 4.68. The molecule has 2 aromatic carbocycles. The van der Waals surface area contributed by atoms with Crippen molar-refractivity contribution in [3.05, 3.63) is 35.9 Å². The van der Waals surface area contributed by atoms with Gasteiger partial charge in [0.05, 0.1) is 12.7 Å². The van der Waals surface area contributed by atoms with Crippen LogP contribution in [0.25, 0.3) is 10.8 Å². The van der Waals surface area contributed by atoms with Gasteiger partial charge in [-0.15, -0.1) is 3.89 Å². The molecule has 1 saturated heterocycles. The first-order valence-electron chi connectivity index (χ1n) is 7.88. The van der Waals surface area contributed by atoms with Crippen LogP contribution in [-0.2, 0) is 9.31 Å². The maximum Gasteiger partial charge on any atom is 0.495 e. The highest BCUT2D eigenvalue weighted by molar-refractivity contribution is 14.2. The quantitative estimate of drug-likeness (QED) is 0.156. The number of hydrogen-bond acceptors (Lipinski definition) is 5. The highest BCUT2D eigenvalue weighted by Gasteiger charge is 2.59. The Bertz CT molecular complexity index is 954. The summed E-state index contributed by atoms with van der Waals surface area (Å²) >= 11 is 2.13. The molecule has 1 fully saturated rings. The Morgan fingerprint density at radius 1 is 1.26 bits per heavy atom. The molecular formula is C17H16BFIO3PS3. The van der Waals surface area contributed by atoms with Crippen molar-refractivity contribution in [1.29, 1.82) is 0 Å². The van der Waals surface area contributed by atoms with E-state index < -0.39 is 25.2 Å². The normalized spacial score (nSPS) is 24.9. The topological polar surface area (TPSA) is 27.7 Å². The van der Waals surface area contributed by atoms with Crippen LogP contribution in [0.4, 0.5) is 3.89 Å². The molecule has 2 atom stereocenters. The molecule has 2 unspecified atom stereocenters. The number of benzene rings is 2. The first-order chi connectivity index (χ1) is 12.4. The number of fused-ring (bicyclic) bond motifs is 3. The van der Waals surface area contributed by atoms with E-state index in [0.29, 0.717) is 5.75 Å². The summed E-state index contributed by atoms with van der Waals surface area (Å²) in [6, 6.07) is 9.51. The lowest BCUT2D eigenvalue weighted by molar-refractivity contribution is 0.0578. The van der Waals surface area contributed by atoms with Crippen LogP contribution in [0.1, 0.15) is 26.3 Å². The maximum absolute atomic E-state index is 12.7. The largest absolute Gasteiger partial charge is 0.495 e. The zero-order valence-electron chi connectivity index (χ0n) is 14.7. The first-order valence-corrected chi connectivity index (χ1v) is 13.8. The fourth-order valence-corrected chi connectivity index (χ4v) is 10.5. The summed E-state index contributed by atoms with van der Waals surface area (Å²) in [6.07, 6.45) is 0. The van der Waals surface area contributed by atoms with E-state index in [-0.39, 0.29) is 25.9 Å². The van der Waals surface area contributed by atoms with Crippen molar-refractivity contribution >= 4 is 86.2 Å². The lowest BCUT2D eigenvalue weighted by Crippen LogP contribution is -2.42. The molecule has 0 aliphatic carbocycles. The van der Waals surface area contributed by atoms with Crippen LogP contribution in [-0.4, -0.2) is 18.1 Å². The number of hydrogen-bond donors (Lipinski definition) is 0. The molecule has 2 aromatic rings. The summed E-state index contributed by atoms with van der Waals surface area (Å²) in [6.45, 7) is 6.16. The van der Waals surface area contributed by atoms with E-state index >= 15 is 0 Å². The van der Waals surface area contributed by atoms with Crippen LogP contribution in [0.3, 0.4) is 0 Å². The molecular weight excluding hydrogens is 536 g/mol. The van der Waals surface area contributed by atoms with Gasteiger partial charge in [-0.3, -0.25) is 0 Å². The van der Waals surface area contributed by atoms with Gasteiger partial charge in [0, 0.05) is 26.8 Å². The van der Waals surface area contributed by atoms with Crippen molar-refractivity contribution in [2.75, 3.05) is 0 Å². The maximum atomic E-state index is 12.7. The Balaban J connectivity index is 0.00000210. The molecule has 2 aliphatic heterocycles. The fourth-order valence-electron chi connectivity index (χ4n) is 3.28. The summed E-state index contributed by atoms with van der Waals surface area (Å²) < 4.78 is 30.6. The minimum Gasteiger partial charge on any atom is -0.399 e. The highest BCUT2D eigenvalue weighted by atomic mass is 127. The summed E-state index contributed by atoms with van der Waals surface area (Å²) in [5.74, 6) is 3.79. The third kappa shape index (κ3) is 3.60. The molecule has 142 valence electrons. The van der Waals surface area contributed by atoms with Crippen molar-refractivity contribution in [3.63, 3.8) is 0 Å². The molecule has 10 heteroatoms. The molecule has 0 amide bonds. The van der Waals surface area contributed by atoms with Gasteiger partial charge in [-0.25, -0.2) is 0 Å². The van der Waals surface area contributed by atoms with Crippen LogP contribution >= 0.6 is 62.8 Å². The van der Waals surface area contributed by atoms with Gasteiger partial charge in [0.1, 0.15) is 11.1 Å². The van der Waals surface area contributed by atoms with Crippen molar-refractivity contribution in [1.82, 2.24) is 0 Å². The van der Waals surface area contributed by atoms with Gasteiger partial charge < -0.3 is 13.5 Å². The van der Waals surface area contributed by atoms with Gasteiger partial charge in [-0.05, 0) is 63.8 Å². The van der Waals surface area contributed by atoms with Crippen molar-refractivity contribution in [3.8, 4) is 17.3 Å². The van der Waals surface area contributed by atoms with E-state index in [2.05, 4.69) is 39.7 Å². The van der Waals surface area contributed by atoms with Gasteiger partial charge >= 0.3 is 7.12 Å². The van der Waals surface area contributed by atoms with Gasteiger partial charge in [0.25, 0.3) is 12.4 Å². The molecule has 0 N–H and O–H groups in total. The smallest absolute Gasteiger partial charge is 0.399 e.